The second kappa shape index (κ2) is 8.11. The quantitative estimate of drug-likeness (QED) is 0.403. The zero-order chi connectivity index (χ0) is 22.1. The van der Waals surface area contributed by atoms with E-state index in [2.05, 4.69) is 15.2 Å². The maximum absolute atomic E-state index is 13.2. The van der Waals surface area contributed by atoms with E-state index in [-0.39, 0.29) is 11.4 Å². The Bertz CT molecular complexity index is 1470. The molecule has 0 unspecified atom stereocenters. The van der Waals surface area contributed by atoms with E-state index < -0.39 is 0 Å². The van der Waals surface area contributed by atoms with Crippen molar-refractivity contribution in [2.75, 3.05) is 6.61 Å². The molecule has 0 radical (unpaired) electrons. The highest BCUT2D eigenvalue weighted by Crippen LogP contribution is 2.27. The van der Waals surface area contributed by atoms with Crippen LogP contribution < -0.4 is 10.3 Å². The highest BCUT2D eigenvalue weighted by atomic mass is 16.5. The summed E-state index contributed by atoms with van der Waals surface area (Å²) < 4.78 is 12.4. The Hall–Kier alpha value is -4.26. The molecular weight excluding hydrogens is 404 g/mol. The smallest absolute Gasteiger partial charge is 0.279 e. The van der Waals surface area contributed by atoms with Crippen LogP contribution in [0.4, 0.5) is 0 Å². The largest absolute Gasteiger partial charge is 0.494 e. The third-order valence-electron chi connectivity index (χ3n) is 5.10. The number of ether oxygens (including phenoxy) is 1. The molecule has 7 heteroatoms. The molecule has 2 heterocycles. The van der Waals surface area contributed by atoms with Gasteiger partial charge in [-0.3, -0.25) is 4.79 Å². The minimum absolute atomic E-state index is 0.207. The van der Waals surface area contributed by atoms with Crippen LogP contribution >= 0.6 is 0 Å². The molecule has 0 amide bonds. The number of rotatable bonds is 5. The summed E-state index contributed by atoms with van der Waals surface area (Å²) in [5, 5.41) is 9.93. The summed E-state index contributed by atoms with van der Waals surface area (Å²) in [5.74, 6) is 1.45. The first kappa shape index (κ1) is 19.7. The van der Waals surface area contributed by atoms with Crippen LogP contribution in [0.1, 0.15) is 12.5 Å². The molecule has 7 nitrogen and oxygen atoms in total. The highest BCUT2D eigenvalue weighted by Gasteiger charge is 2.19. The number of fused-ring (bicyclic) bond motifs is 1. The van der Waals surface area contributed by atoms with Gasteiger partial charge in [-0.05, 0) is 61.9 Å². The van der Waals surface area contributed by atoms with Crippen LogP contribution in [0.5, 0.6) is 5.75 Å². The zero-order valence-corrected chi connectivity index (χ0v) is 17.6. The average Bonchev–Trinajstić information content (AvgIpc) is 3.30. The van der Waals surface area contributed by atoms with Crippen LogP contribution in [-0.2, 0) is 0 Å². The third-order valence-corrected chi connectivity index (χ3v) is 5.10. The zero-order valence-electron chi connectivity index (χ0n) is 17.6. The predicted molar refractivity (Wildman–Crippen MR) is 122 cm³/mol. The van der Waals surface area contributed by atoms with E-state index in [4.69, 9.17) is 9.26 Å². The summed E-state index contributed by atoms with van der Waals surface area (Å²) in [6.45, 7) is 4.51. The summed E-state index contributed by atoms with van der Waals surface area (Å²) in [6, 6.07) is 22.4. The van der Waals surface area contributed by atoms with Gasteiger partial charge in [0.15, 0.2) is 5.69 Å². The Balaban J connectivity index is 1.65. The topological polar surface area (TPSA) is 83.0 Å². The van der Waals surface area contributed by atoms with Crippen molar-refractivity contribution in [1.82, 2.24) is 19.9 Å². The standard InChI is InChI=1S/C25H20N4O3/c1-3-31-19-13-11-17(12-14-19)23-26-24(32-28-23)22-20-9-4-5-10-21(20)25(30)29(27-22)18-8-6-7-16(2)15-18/h4-15H,3H2,1-2H3. The summed E-state index contributed by atoms with van der Waals surface area (Å²) in [4.78, 5) is 17.7. The molecule has 158 valence electrons. The predicted octanol–water partition coefficient (Wildman–Crippen LogP) is 4.81. The van der Waals surface area contributed by atoms with Crippen LogP contribution in [0.25, 0.3) is 39.4 Å². The Morgan fingerprint density at radius 2 is 1.75 bits per heavy atom. The van der Waals surface area contributed by atoms with Gasteiger partial charge in [0.25, 0.3) is 11.4 Å². The van der Waals surface area contributed by atoms with Gasteiger partial charge in [0, 0.05) is 10.9 Å². The molecule has 0 aliphatic carbocycles. The number of hydrogen-bond donors (Lipinski definition) is 0. The lowest BCUT2D eigenvalue weighted by Gasteiger charge is -2.09. The molecule has 0 bridgehead atoms. The second-order valence-corrected chi connectivity index (χ2v) is 7.33. The van der Waals surface area contributed by atoms with Gasteiger partial charge in [0.05, 0.1) is 17.7 Å². The number of aromatic nitrogens is 4. The van der Waals surface area contributed by atoms with E-state index in [1.54, 1.807) is 6.07 Å². The van der Waals surface area contributed by atoms with Gasteiger partial charge in [-0.2, -0.15) is 14.8 Å². The highest BCUT2D eigenvalue weighted by molar-refractivity contribution is 5.92. The van der Waals surface area contributed by atoms with Gasteiger partial charge in [-0.1, -0.05) is 35.5 Å². The van der Waals surface area contributed by atoms with Gasteiger partial charge < -0.3 is 9.26 Å². The molecule has 0 N–H and O–H groups in total. The molecule has 5 rings (SSSR count). The number of nitrogens with zero attached hydrogens (tertiary/aromatic N) is 4. The SMILES string of the molecule is CCOc1ccc(-c2noc(-c3nn(-c4cccc(C)c4)c(=O)c4ccccc34)n2)cc1. The van der Waals surface area contributed by atoms with E-state index in [1.165, 1.54) is 4.68 Å². The molecular formula is C25H20N4O3. The monoisotopic (exact) mass is 424 g/mol. The molecule has 2 aromatic heterocycles. The van der Waals surface area contributed by atoms with Crippen molar-refractivity contribution < 1.29 is 9.26 Å². The van der Waals surface area contributed by atoms with E-state index in [9.17, 15) is 4.79 Å². The maximum Gasteiger partial charge on any atom is 0.279 e. The average molecular weight is 424 g/mol. The molecule has 0 atom stereocenters. The van der Waals surface area contributed by atoms with Gasteiger partial charge in [0.2, 0.25) is 5.82 Å². The Kier molecular flexibility index (Phi) is 4.99. The fourth-order valence-corrected chi connectivity index (χ4v) is 3.59. The van der Waals surface area contributed by atoms with Crippen molar-refractivity contribution >= 4 is 10.8 Å². The van der Waals surface area contributed by atoms with Crippen molar-refractivity contribution in [3.63, 3.8) is 0 Å². The molecule has 3 aromatic carbocycles. The first-order chi connectivity index (χ1) is 15.6. The lowest BCUT2D eigenvalue weighted by Crippen LogP contribution is -2.22. The molecule has 0 saturated carbocycles. The van der Waals surface area contributed by atoms with Crippen LogP contribution in [0.3, 0.4) is 0 Å². The molecule has 32 heavy (non-hydrogen) atoms. The third kappa shape index (κ3) is 3.54. The molecule has 0 fully saturated rings. The van der Waals surface area contributed by atoms with E-state index in [0.717, 1.165) is 16.9 Å². The van der Waals surface area contributed by atoms with Crippen LogP contribution in [0.2, 0.25) is 0 Å². The maximum atomic E-state index is 13.2. The van der Waals surface area contributed by atoms with Crippen LogP contribution in [0, 0.1) is 6.92 Å². The first-order valence-corrected chi connectivity index (χ1v) is 10.3. The fraction of sp³-hybridized carbons (Fsp3) is 0.120. The number of hydrogen-bond acceptors (Lipinski definition) is 6. The fourth-order valence-electron chi connectivity index (χ4n) is 3.59. The minimum atomic E-state index is -0.207. The normalized spacial score (nSPS) is 11.1. The van der Waals surface area contributed by atoms with Crippen molar-refractivity contribution in [1.29, 1.82) is 0 Å². The van der Waals surface area contributed by atoms with Gasteiger partial charge in [-0.15, -0.1) is 0 Å². The molecule has 0 aliphatic heterocycles. The molecule has 0 aliphatic rings. The lowest BCUT2D eigenvalue weighted by atomic mass is 10.1. The van der Waals surface area contributed by atoms with Crippen LogP contribution in [-0.4, -0.2) is 26.5 Å². The summed E-state index contributed by atoms with van der Waals surface area (Å²) in [5.41, 5.74) is 2.74. The Morgan fingerprint density at radius 1 is 0.969 bits per heavy atom. The van der Waals surface area contributed by atoms with Gasteiger partial charge >= 0.3 is 0 Å². The van der Waals surface area contributed by atoms with Gasteiger partial charge in [0.1, 0.15) is 5.75 Å². The summed E-state index contributed by atoms with van der Waals surface area (Å²) >= 11 is 0. The Labute approximate surface area is 183 Å². The van der Waals surface area contributed by atoms with E-state index in [0.29, 0.717) is 34.6 Å². The van der Waals surface area contributed by atoms with Gasteiger partial charge in [-0.25, -0.2) is 0 Å². The van der Waals surface area contributed by atoms with Crippen molar-refractivity contribution in [3.8, 4) is 34.4 Å². The minimum Gasteiger partial charge on any atom is -0.494 e. The summed E-state index contributed by atoms with van der Waals surface area (Å²) in [6.07, 6.45) is 0. The van der Waals surface area contributed by atoms with Crippen LogP contribution in [0.15, 0.2) is 82.1 Å². The Morgan fingerprint density at radius 3 is 2.50 bits per heavy atom. The van der Waals surface area contributed by atoms with Crippen molar-refractivity contribution in [3.05, 3.63) is 88.7 Å². The van der Waals surface area contributed by atoms with E-state index >= 15 is 0 Å². The molecule has 5 aromatic rings. The molecule has 0 saturated heterocycles. The molecule has 0 spiro atoms. The summed E-state index contributed by atoms with van der Waals surface area (Å²) in [7, 11) is 0. The number of aryl methyl sites for hydroxylation is 1. The van der Waals surface area contributed by atoms with E-state index in [1.807, 2.05) is 80.6 Å². The van der Waals surface area contributed by atoms with Crippen molar-refractivity contribution in [2.24, 2.45) is 0 Å². The lowest BCUT2D eigenvalue weighted by molar-refractivity contribution is 0.340. The second-order valence-electron chi connectivity index (χ2n) is 7.33. The number of benzene rings is 3. The van der Waals surface area contributed by atoms with Crippen molar-refractivity contribution in [2.45, 2.75) is 13.8 Å². The first-order valence-electron chi connectivity index (χ1n) is 10.3.